The molecule has 1 saturated heterocycles. The number of nitrogens with zero attached hydrogens (tertiary/aromatic N) is 3. The lowest BCUT2D eigenvalue weighted by atomic mass is 10.0. The predicted molar refractivity (Wildman–Crippen MR) is 130 cm³/mol. The van der Waals surface area contributed by atoms with Crippen molar-refractivity contribution in [2.45, 2.75) is 29.8 Å². The van der Waals surface area contributed by atoms with Crippen molar-refractivity contribution < 1.29 is 9.53 Å². The van der Waals surface area contributed by atoms with E-state index < -0.39 is 0 Å². The third-order valence-corrected chi connectivity index (χ3v) is 7.25. The molecule has 0 bridgehead atoms. The van der Waals surface area contributed by atoms with Crippen molar-refractivity contribution in [2.75, 3.05) is 31.3 Å². The van der Waals surface area contributed by atoms with E-state index in [9.17, 15) is 4.79 Å². The van der Waals surface area contributed by atoms with Gasteiger partial charge in [0, 0.05) is 31.4 Å². The van der Waals surface area contributed by atoms with Crippen molar-refractivity contribution in [2.24, 2.45) is 0 Å². The van der Waals surface area contributed by atoms with E-state index in [2.05, 4.69) is 50.0 Å². The highest BCUT2D eigenvalue weighted by Crippen LogP contribution is 2.28. The van der Waals surface area contributed by atoms with Crippen molar-refractivity contribution in [1.29, 1.82) is 0 Å². The number of ether oxygens (including phenoxy) is 1. The number of aromatic nitrogens is 2. The minimum atomic E-state index is 0.0522. The maximum absolute atomic E-state index is 12.4. The topological polar surface area (TPSA) is 79.4 Å². The summed E-state index contributed by atoms with van der Waals surface area (Å²) in [6.07, 6.45) is 1.97. The molecule has 168 valence electrons. The van der Waals surface area contributed by atoms with Crippen LogP contribution >= 0.6 is 23.1 Å². The molecule has 0 radical (unpaired) electrons. The molecular weight excluding hydrogens is 442 g/mol. The largest absolute Gasteiger partial charge is 0.497 e. The second kappa shape index (κ2) is 11.3. The molecule has 2 N–H and O–H groups in total. The number of benzene rings is 2. The first-order chi connectivity index (χ1) is 15.7. The Hall–Kier alpha value is -2.62. The Balaban J connectivity index is 1.16. The first-order valence-corrected chi connectivity index (χ1v) is 12.4. The lowest BCUT2D eigenvalue weighted by Crippen LogP contribution is -2.44. The highest BCUT2D eigenvalue weighted by atomic mass is 32.2. The summed E-state index contributed by atoms with van der Waals surface area (Å²) in [4.78, 5) is 14.8. The third kappa shape index (κ3) is 6.69. The Morgan fingerprint density at radius 3 is 2.59 bits per heavy atom. The quantitative estimate of drug-likeness (QED) is 0.456. The standard InChI is InChI=1S/C23H27N5O2S2/c1-30-20-9-7-18(8-10-20)25-22-26-27-23(32-22)31-16-21(29)24-19-11-13-28(14-12-19)15-17-5-3-2-4-6-17/h2-10,19H,11-16H2,1H3,(H,24,29)(H,25,26). The molecule has 7 nitrogen and oxygen atoms in total. The van der Waals surface area contributed by atoms with E-state index in [1.807, 2.05) is 30.3 Å². The number of carbonyl (C=O) groups is 1. The molecular formula is C23H27N5O2S2. The van der Waals surface area contributed by atoms with Crippen LogP contribution in [-0.2, 0) is 11.3 Å². The van der Waals surface area contributed by atoms with Gasteiger partial charge in [-0.2, -0.15) is 0 Å². The SMILES string of the molecule is COc1ccc(Nc2nnc(SCC(=O)NC3CCN(Cc4ccccc4)CC3)s2)cc1. The van der Waals surface area contributed by atoms with E-state index in [0.717, 1.165) is 48.3 Å². The molecule has 0 aliphatic carbocycles. The van der Waals surface area contributed by atoms with E-state index in [-0.39, 0.29) is 11.9 Å². The number of amides is 1. The average molecular weight is 470 g/mol. The van der Waals surface area contributed by atoms with Gasteiger partial charge in [0.25, 0.3) is 0 Å². The lowest BCUT2D eigenvalue weighted by molar-refractivity contribution is -0.119. The summed E-state index contributed by atoms with van der Waals surface area (Å²) in [7, 11) is 1.64. The van der Waals surface area contributed by atoms with E-state index in [0.29, 0.717) is 10.9 Å². The Kier molecular flexibility index (Phi) is 7.97. The maximum atomic E-state index is 12.4. The maximum Gasteiger partial charge on any atom is 0.230 e. The molecule has 1 amide bonds. The molecule has 0 spiro atoms. The Labute approximate surface area is 196 Å². The summed E-state index contributed by atoms with van der Waals surface area (Å²) >= 11 is 2.86. The summed E-state index contributed by atoms with van der Waals surface area (Å²) in [6, 6.07) is 18.4. The highest BCUT2D eigenvalue weighted by molar-refractivity contribution is 8.01. The molecule has 2 aromatic carbocycles. The summed E-state index contributed by atoms with van der Waals surface area (Å²) in [5.74, 6) is 1.20. The Morgan fingerprint density at radius 1 is 1.12 bits per heavy atom. The number of rotatable bonds is 9. The number of piperidine rings is 1. The molecule has 1 aliphatic heterocycles. The highest BCUT2D eigenvalue weighted by Gasteiger charge is 2.21. The van der Waals surface area contributed by atoms with Crippen molar-refractivity contribution in [3.63, 3.8) is 0 Å². The van der Waals surface area contributed by atoms with Gasteiger partial charge in [0.15, 0.2) is 4.34 Å². The monoisotopic (exact) mass is 469 g/mol. The van der Waals surface area contributed by atoms with Crippen molar-refractivity contribution in [3.05, 3.63) is 60.2 Å². The van der Waals surface area contributed by atoms with Gasteiger partial charge in [-0.25, -0.2) is 0 Å². The third-order valence-electron chi connectivity index (χ3n) is 5.28. The molecule has 3 aromatic rings. The van der Waals surface area contributed by atoms with Crippen LogP contribution in [0, 0.1) is 0 Å². The first kappa shape index (κ1) is 22.6. The molecule has 0 unspecified atom stereocenters. The predicted octanol–water partition coefficient (Wildman–Crippen LogP) is 4.16. The van der Waals surface area contributed by atoms with Crippen molar-refractivity contribution >= 4 is 39.8 Å². The van der Waals surface area contributed by atoms with Crippen LogP contribution in [0.1, 0.15) is 18.4 Å². The van der Waals surface area contributed by atoms with Crippen LogP contribution in [-0.4, -0.2) is 53.0 Å². The van der Waals surface area contributed by atoms with Gasteiger partial charge >= 0.3 is 0 Å². The minimum Gasteiger partial charge on any atom is -0.497 e. The van der Waals surface area contributed by atoms with E-state index in [4.69, 9.17) is 4.74 Å². The molecule has 32 heavy (non-hydrogen) atoms. The summed E-state index contributed by atoms with van der Waals surface area (Å²) in [5, 5.41) is 15.4. The van der Waals surface area contributed by atoms with Crippen LogP contribution in [0.2, 0.25) is 0 Å². The number of hydrogen-bond donors (Lipinski definition) is 2. The Morgan fingerprint density at radius 2 is 1.88 bits per heavy atom. The molecule has 0 atom stereocenters. The summed E-state index contributed by atoms with van der Waals surface area (Å²) in [5.41, 5.74) is 2.25. The molecule has 2 heterocycles. The fourth-order valence-corrected chi connectivity index (χ4v) is 5.17. The van der Waals surface area contributed by atoms with Gasteiger partial charge in [0.1, 0.15) is 5.75 Å². The zero-order chi connectivity index (χ0) is 22.2. The van der Waals surface area contributed by atoms with Gasteiger partial charge in [0.2, 0.25) is 11.0 Å². The number of thioether (sulfide) groups is 1. The fourth-order valence-electron chi connectivity index (χ4n) is 3.59. The molecule has 0 saturated carbocycles. The van der Waals surface area contributed by atoms with Gasteiger partial charge in [0.05, 0.1) is 12.9 Å². The van der Waals surface area contributed by atoms with Gasteiger partial charge in [-0.05, 0) is 42.7 Å². The van der Waals surface area contributed by atoms with Crippen LogP contribution in [0.4, 0.5) is 10.8 Å². The van der Waals surface area contributed by atoms with Gasteiger partial charge < -0.3 is 15.4 Å². The zero-order valence-corrected chi connectivity index (χ0v) is 19.6. The van der Waals surface area contributed by atoms with Gasteiger partial charge in [-0.1, -0.05) is 53.4 Å². The lowest BCUT2D eigenvalue weighted by Gasteiger charge is -2.32. The first-order valence-electron chi connectivity index (χ1n) is 10.6. The van der Waals surface area contributed by atoms with Crippen LogP contribution < -0.4 is 15.4 Å². The smallest absolute Gasteiger partial charge is 0.230 e. The Bertz CT molecular complexity index is 989. The minimum absolute atomic E-state index is 0.0522. The van der Waals surface area contributed by atoms with Crippen LogP contribution in [0.3, 0.4) is 0 Å². The molecule has 1 aromatic heterocycles. The fraction of sp³-hybridized carbons (Fsp3) is 0.348. The molecule has 4 rings (SSSR count). The van der Waals surface area contributed by atoms with Crippen molar-refractivity contribution in [1.82, 2.24) is 20.4 Å². The number of anilines is 2. The zero-order valence-electron chi connectivity index (χ0n) is 18.0. The van der Waals surface area contributed by atoms with Gasteiger partial charge in [-0.3, -0.25) is 9.69 Å². The number of nitrogens with one attached hydrogen (secondary N) is 2. The van der Waals surface area contributed by atoms with Crippen molar-refractivity contribution in [3.8, 4) is 5.75 Å². The van der Waals surface area contributed by atoms with E-state index >= 15 is 0 Å². The number of methoxy groups -OCH3 is 1. The normalized spacial score (nSPS) is 14.8. The number of likely N-dealkylation sites (tertiary alicyclic amines) is 1. The number of carbonyl (C=O) groups excluding carboxylic acids is 1. The van der Waals surface area contributed by atoms with Crippen LogP contribution in [0.25, 0.3) is 0 Å². The molecule has 9 heteroatoms. The summed E-state index contributed by atoms with van der Waals surface area (Å²) in [6.45, 7) is 2.98. The molecule has 1 fully saturated rings. The summed E-state index contributed by atoms with van der Waals surface area (Å²) < 4.78 is 5.94. The van der Waals surface area contributed by atoms with E-state index in [1.165, 1.54) is 28.7 Å². The second-order valence-corrected chi connectivity index (χ2v) is 9.82. The van der Waals surface area contributed by atoms with Crippen LogP contribution in [0.15, 0.2) is 58.9 Å². The van der Waals surface area contributed by atoms with Gasteiger partial charge in [-0.15, -0.1) is 10.2 Å². The average Bonchev–Trinajstić information content (AvgIpc) is 3.27. The molecule has 1 aliphatic rings. The van der Waals surface area contributed by atoms with E-state index in [1.54, 1.807) is 7.11 Å². The van der Waals surface area contributed by atoms with Crippen LogP contribution in [0.5, 0.6) is 5.75 Å². The number of hydrogen-bond acceptors (Lipinski definition) is 8. The second-order valence-electron chi connectivity index (χ2n) is 7.62.